The summed E-state index contributed by atoms with van der Waals surface area (Å²) in [6.07, 6.45) is 0. The molecule has 0 aliphatic carbocycles. The zero-order valence-corrected chi connectivity index (χ0v) is 11.1. The second-order valence-corrected chi connectivity index (χ2v) is 4.46. The number of nitrogens with two attached hydrogens (primary N) is 1. The van der Waals surface area contributed by atoms with Gasteiger partial charge in [0.05, 0.1) is 0 Å². The Balaban J connectivity index is 2.10. The average molecular weight is 290 g/mol. The maximum absolute atomic E-state index is 12.0. The number of oxime groups is 1. The number of anilines is 1. The maximum Gasteiger partial charge on any atom is 0.255 e. The Morgan fingerprint density at radius 3 is 2.15 bits per heavy atom. The maximum atomic E-state index is 12.0. The van der Waals surface area contributed by atoms with Crippen molar-refractivity contribution in [2.75, 3.05) is 5.32 Å². The second-order valence-electron chi connectivity index (χ2n) is 4.02. The first-order valence-corrected chi connectivity index (χ1v) is 6.13. The van der Waals surface area contributed by atoms with Crippen LogP contribution in [-0.2, 0) is 0 Å². The van der Waals surface area contributed by atoms with Gasteiger partial charge in [-0.25, -0.2) is 0 Å². The normalized spacial score (nSPS) is 11.2. The molecule has 0 radical (unpaired) electrons. The van der Waals surface area contributed by atoms with Crippen LogP contribution in [0.2, 0.25) is 5.02 Å². The predicted octanol–water partition coefficient (Wildman–Crippen LogP) is 2.69. The fraction of sp³-hybridized carbons (Fsp3) is 0. The lowest BCUT2D eigenvalue weighted by molar-refractivity contribution is 0.102. The Labute approximate surface area is 120 Å². The number of carbonyl (C=O) groups excluding carboxylic acids is 1. The fourth-order valence-corrected chi connectivity index (χ4v) is 1.71. The molecule has 1 amide bonds. The molecule has 0 bridgehead atoms. The summed E-state index contributed by atoms with van der Waals surface area (Å²) in [6, 6.07) is 13.2. The van der Waals surface area contributed by atoms with Crippen molar-refractivity contribution in [2.24, 2.45) is 10.9 Å². The molecule has 2 rings (SSSR count). The van der Waals surface area contributed by atoms with Crippen LogP contribution < -0.4 is 11.1 Å². The molecule has 0 saturated carbocycles. The highest BCUT2D eigenvalue weighted by molar-refractivity contribution is 6.30. The van der Waals surface area contributed by atoms with E-state index in [1.165, 1.54) is 0 Å². The first-order valence-electron chi connectivity index (χ1n) is 5.75. The van der Waals surface area contributed by atoms with Crippen molar-refractivity contribution in [2.45, 2.75) is 0 Å². The van der Waals surface area contributed by atoms with E-state index in [0.29, 0.717) is 21.8 Å². The topological polar surface area (TPSA) is 87.7 Å². The Morgan fingerprint density at radius 1 is 1.05 bits per heavy atom. The highest BCUT2D eigenvalue weighted by atomic mass is 35.5. The minimum absolute atomic E-state index is 0.0144. The largest absolute Gasteiger partial charge is 0.409 e. The van der Waals surface area contributed by atoms with Gasteiger partial charge in [-0.05, 0) is 48.5 Å². The average Bonchev–Trinajstić information content (AvgIpc) is 2.48. The van der Waals surface area contributed by atoms with Gasteiger partial charge in [-0.1, -0.05) is 16.8 Å². The second kappa shape index (κ2) is 6.08. The third-order valence-electron chi connectivity index (χ3n) is 2.65. The monoisotopic (exact) mass is 289 g/mol. The predicted molar refractivity (Wildman–Crippen MR) is 78.4 cm³/mol. The third kappa shape index (κ3) is 3.27. The van der Waals surface area contributed by atoms with E-state index >= 15 is 0 Å². The van der Waals surface area contributed by atoms with Gasteiger partial charge < -0.3 is 16.3 Å². The van der Waals surface area contributed by atoms with Crippen LogP contribution in [0.15, 0.2) is 53.7 Å². The quantitative estimate of drug-likeness (QED) is 0.351. The highest BCUT2D eigenvalue weighted by Gasteiger charge is 2.06. The summed E-state index contributed by atoms with van der Waals surface area (Å²) >= 11 is 5.76. The summed E-state index contributed by atoms with van der Waals surface area (Å²) < 4.78 is 0. The van der Waals surface area contributed by atoms with Gasteiger partial charge in [0.25, 0.3) is 5.91 Å². The van der Waals surface area contributed by atoms with Crippen molar-refractivity contribution >= 4 is 29.0 Å². The fourth-order valence-electron chi connectivity index (χ4n) is 1.59. The molecule has 0 fully saturated rings. The molecule has 2 aromatic rings. The number of nitrogens with zero attached hydrogens (tertiary/aromatic N) is 1. The van der Waals surface area contributed by atoms with E-state index in [4.69, 9.17) is 22.5 Å². The lowest BCUT2D eigenvalue weighted by Gasteiger charge is -2.06. The Morgan fingerprint density at radius 2 is 1.60 bits per heavy atom. The van der Waals surface area contributed by atoms with E-state index < -0.39 is 0 Å². The molecule has 0 atom stereocenters. The van der Waals surface area contributed by atoms with Gasteiger partial charge in [0.2, 0.25) is 0 Å². The van der Waals surface area contributed by atoms with Gasteiger partial charge in [-0.2, -0.15) is 0 Å². The first kappa shape index (κ1) is 13.9. The van der Waals surface area contributed by atoms with Crippen LogP contribution >= 0.6 is 11.6 Å². The van der Waals surface area contributed by atoms with Gasteiger partial charge in [0, 0.05) is 21.8 Å². The smallest absolute Gasteiger partial charge is 0.255 e. The van der Waals surface area contributed by atoms with Crippen molar-refractivity contribution in [3.63, 3.8) is 0 Å². The lowest BCUT2D eigenvalue weighted by atomic mass is 10.1. The van der Waals surface area contributed by atoms with E-state index in [1.54, 1.807) is 48.5 Å². The number of benzene rings is 2. The number of rotatable bonds is 3. The van der Waals surface area contributed by atoms with Crippen LogP contribution in [-0.4, -0.2) is 17.0 Å². The highest BCUT2D eigenvalue weighted by Crippen LogP contribution is 2.13. The SMILES string of the molecule is NC(=NO)c1ccc(NC(=O)c2ccc(Cl)cc2)cc1. The molecule has 0 spiro atoms. The van der Waals surface area contributed by atoms with E-state index in [9.17, 15) is 4.79 Å². The minimum Gasteiger partial charge on any atom is -0.409 e. The van der Waals surface area contributed by atoms with Crippen molar-refractivity contribution in [1.29, 1.82) is 0 Å². The van der Waals surface area contributed by atoms with Crippen LogP contribution in [0.4, 0.5) is 5.69 Å². The van der Waals surface area contributed by atoms with Gasteiger partial charge in [-0.15, -0.1) is 0 Å². The first-order chi connectivity index (χ1) is 9.60. The molecular weight excluding hydrogens is 278 g/mol. The van der Waals surface area contributed by atoms with Crippen LogP contribution in [0.3, 0.4) is 0 Å². The zero-order valence-electron chi connectivity index (χ0n) is 10.4. The van der Waals surface area contributed by atoms with Crippen molar-refractivity contribution in [3.8, 4) is 0 Å². The van der Waals surface area contributed by atoms with Gasteiger partial charge >= 0.3 is 0 Å². The number of hydrogen-bond acceptors (Lipinski definition) is 3. The number of carbonyl (C=O) groups is 1. The minimum atomic E-state index is -0.238. The number of amidine groups is 1. The summed E-state index contributed by atoms with van der Waals surface area (Å²) in [5.41, 5.74) is 7.14. The molecule has 0 aromatic heterocycles. The summed E-state index contributed by atoms with van der Waals surface area (Å²) in [6.45, 7) is 0. The van der Waals surface area contributed by atoms with Crippen molar-refractivity contribution < 1.29 is 10.0 Å². The number of hydrogen-bond donors (Lipinski definition) is 3. The molecule has 0 aliphatic rings. The molecule has 4 N–H and O–H groups in total. The number of halogens is 1. The van der Waals surface area contributed by atoms with Crippen molar-refractivity contribution in [3.05, 3.63) is 64.7 Å². The number of amides is 1. The van der Waals surface area contributed by atoms with E-state index in [0.717, 1.165) is 0 Å². The van der Waals surface area contributed by atoms with Gasteiger partial charge in [0.1, 0.15) is 0 Å². The Bertz CT molecular complexity index is 636. The third-order valence-corrected chi connectivity index (χ3v) is 2.90. The molecule has 0 saturated heterocycles. The summed E-state index contributed by atoms with van der Waals surface area (Å²) in [5, 5.41) is 14.8. The molecule has 20 heavy (non-hydrogen) atoms. The number of nitrogens with one attached hydrogen (secondary N) is 1. The Kier molecular flexibility index (Phi) is 4.22. The molecule has 0 heterocycles. The molecule has 102 valence electrons. The molecule has 0 aliphatic heterocycles. The molecule has 0 unspecified atom stereocenters. The van der Waals surface area contributed by atoms with E-state index in [1.807, 2.05) is 0 Å². The van der Waals surface area contributed by atoms with E-state index in [-0.39, 0.29) is 11.7 Å². The van der Waals surface area contributed by atoms with Crippen LogP contribution in [0.5, 0.6) is 0 Å². The van der Waals surface area contributed by atoms with E-state index in [2.05, 4.69) is 10.5 Å². The summed E-state index contributed by atoms with van der Waals surface area (Å²) in [7, 11) is 0. The van der Waals surface area contributed by atoms with Crippen LogP contribution in [0.25, 0.3) is 0 Å². The molecule has 6 heteroatoms. The summed E-state index contributed by atoms with van der Waals surface area (Å²) in [4.78, 5) is 12.0. The standard InChI is InChI=1S/C14H12ClN3O2/c15-11-5-1-10(2-6-11)14(19)17-12-7-3-9(4-8-12)13(16)18-20/h1-8,20H,(H2,16,18)(H,17,19). The van der Waals surface area contributed by atoms with Gasteiger partial charge in [-0.3, -0.25) is 4.79 Å². The van der Waals surface area contributed by atoms with Crippen LogP contribution in [0, 0.1) is 0 Å². The molecule has 2 aromatic carbocycles. The Hall–Kier alpha value is -2.53. The van der Waals surface area contributed by atoms with Crippen LogP contribution in [0.1, 0.15) is 15.9 Å². The van der Waals surface area contributed by atoms with Crippen molar-refractivity contribution in [1.82, 2.24) is 0 Å². The molecule has 5 nitrogen and oxygen atoms in total. The lowest BCUT2D eigenvalue weighted by Crippen LogP contribution is -2.14. The summed E-state index contributed by atoms with van der Waals surface area (Å²) in [5.74, 6) is -0.223. The zero-order chi connectivity index (χ0) is 14.5. The molecular formula is C14H12ClN3O2. The van der Waals surface area contributed by atoms with Gasteiger partial charge in [0.15, 0.2) is 5.84 Å².